The Balaban J connectivity index is 1.32. The Kier molecular flexibility index (Phi) is 11.0. The van der Waals surface area contributed by atoms with Crippen LogP contribution in [0.3, 0.4) is 0 Å². The van der Waals surface area contributed by atoms with Crippen LogP contribution in [0.4, 0.5) is 35.1 Å². The van der Waals surface area contributed by atoms with Crippen molar-refractivity contribution in [2.24, 2.45) is 11.8 Å². The van der Waals surface area contributed by atoms with Gasteiger partial charge in [0.15, 0.2) is 0 Å². The van der Waals surface area contributed by atoms with E-state index in [1.54, 1.807) is 6.07 Å². The van der Waals surface area contributed by atoms with E-state index in [4.69, 9.17) is 4.74 Å². The number of hydrogen-bond donors (Lipinski definition) is 0. The summed E-state index contributed by atoms with van der Waals surface area (Å²) in [5.41, 5.74) is 0.253. The summed E-state index contributed by atoms with van der Waals surface area (Å²) in [4.78, 5) is 0. The third-order valence-corrected chi connectivity index (χ3v) is 8.31. The summed E-state index contributed by atoms with van der Waals surface area (Å²) in [6, 6.07) is 4.73. The van der Waals surface area contributed by atoms with Crippen molar-refractivity contribution in [3.63, 3.8) is 0 Å². The van der Waals surface area contributed by atoms with Crippen molar-refractivity contribution in [1.29, 1.82) is 0 Å². The second-order valence-electron chi connectivity index (χ2n) is 11.4. The minimum absolute atomic E-state index is 0.0909. The summed E-state index contributed by atoms with van der Waals surface area (Å²) < 4.78 is 115. The van der Waals surface area contributed by atoms with E-state index in [-0.39, 0.29) is 11.5 Å². The van der Waals surface area contributed by atoms with E-state index in [1.165, 1.54) is 17.7 Å². The molecule has 1 saturated carbocycles. The van der Waals surface area contributed by atoms with Gasteiger partial charge in [0.1, 0.15) is 30.2 Å². The summed E-state index contributed by atoms with van der Waals surface area (Å²) in [7, 11) is 0. The second kappa shape index (κ2) is 14.3. The second-order valence-corrected chi connectivity index (χ2v) is 11.4. The van der Waals surface area contributed by atoms with E-state index < -0.39 is 54.6 Å². The normalized spacial score (nSPS) is 26.3. The zero-order chi connectivity index (χ0) is 31.2. The number of rotatable bonds is 9. The molecule has 0 heterocycles. The first kappa shape index (κ1) is 33.0. The lowest BCUT2D eigenvalue weighted by Gasteiger charge is -2.33. The molecule has 0 saturated heterocycles. The molecule has 2 atom stereocenters. The maximum absolute atomic E-state index is 15.0. The molecule has 43 heavy (non-hydrogen) atoms. The van der Waals surface area contributed by atoms with Crippen LogP contribution in [-0.2, 0) is 16.1 Å². The molecule has 0 aliphatic heterocycles. The first-order chi connectivity index (χ1) is 20.4. The van der Waals surface area contributed by atoms with Gasteiger partial charge in [-0.1, -0.05) is 61.4 Å². The quantitative estimate of drug-likeness (QED) is 0.203. The standard InChI is InChI=1S/C33H36F8O2/c1-2-6-21-7-3-4-9-22(10-5-8-21)23-11-13-24(14-12-23)25-15-16-26(28(34)17-25)20-42-27-18-29(35)31(30(36)19-27)32(37,38)43-33(39,40)41/h4-5,7-9,15-18,22-24,30H,2-3,6,10-14,19-20H2,1H3/b8-5?,9-4-,21-7?. The topological polar surface area (TPSA) is 18.5 Å². The SMILES string of the molecule is CCCC1=CC/C=C\C(C2CCC(c3ccc(COC4=CC(F)=C(C(F)(F)OC(F)(F)F)C(F)C4)c(F)c3)CC2)CC=C1. The zero-order valence-corrected chi connectivity index (χ0v) is 23.9. The van der Waals surface area contributed by atoms with E-state index in [0.29, 0.717) is 17.9 Å². The van der Waals surface area contributed by atoms with Crippen molar-refractivity contribution in [1.82, 2.24) is 0 Å². The number of alkyl halides is 6. The van der Waals surface area contributed by atoms with Crippen LogP contribution < -0.4 is 0 Å². The molecule has 1 aromatic carbocycles. The summed E-state index contributed by atoms with van der Waals surface area (Å²) in [5.74, 6) is -1.73. The van der Waals surface area contributed by atoms with Gasteiger partial charge in [0.2, 0.25) is 0 Å². The van der Waals surface area contributed by atoms with Crippen molar-refractivity contribution in [3.05, 3.63) is 94.3 Å². The lowest BCUT2D eigenvalue weighted by Crippen LogP contribution is -2.36. The van der Waals surface area contributed by atoms with E-state index in [2.05, 4.69) is 42.0 Å². The minimum Gasteiger partial charge on any atom is -0.493 e. The van der Waals surface area contributed by atoms with Gasteiger partial charge in [-0.2, -0.15) is 8.78 Å². The predicted octanol–water partition coefficient (Wildman–Crippen LogP) is 10.8. The van der Waals surface area contributed by atoms with E-state index in [9.17, 15) is 35.1 Å². The number of ether oxygens (including phenoxy) is 2. The van der Waals surface area contributed by atoms with Gasteiger partial charge in [0, 0.05) is 18.1 Å². The van der Waals surface area contributed by atoms with E-state index >= 15 is 0 Å². The first-order valence-corrected chi connectivity index (χ1v) is 14.7. The van der Waals surface area contributed by atoms with Crippen LogP contribution in [-0.4, -0.2) is 18.6 Å². The van der Waals surface area contributed by atoms with Crippen LogP contribution in [0.5, 0.6) is 0 Å². The molecule has 4 rings (SSSR count). The maximum atomic E-state index is 15.0. The average Bonchev–Trinajstić information content (AvgIpc) is 3.03. The molecule has 0 amide bonds. The maximum Gasteiger partial charge on any atom is 0.527 e. The summed E-state index contributed by atoms with van der Waals surface area (Å²) in [5, 5.41) is 0. The molecule has 10 heteroatoms. The largest absolute Gasteiger partial charge is 0.527 e. The van der Waals surface area contributed by atoms with E-state index in [1.807, 2.05) is 0 Å². The molecular formula is C33H36F8O2. The monoisotopic (exact) mass is 616 g/mol. The van der Waals surface area contributed by atoms with Gasteiger partial charge < -0.3 is 4.74 Å². The molecule has 3 aliphatic carbocycles. The van der Waals surface area contributed by atoms with Gasteiger partial charge in [-0.3, -0.25) is 0 Å². The fraction of sp³-hybridized carbons (Fsp3) is 0.515. The number of allylic oxidation sites excluding steroid dienone is 9. The van der Waals surface area contributed by atoms with Crippen LogP contribution in [0.1, 0.15) is 81.8 Å². The number of hydrogen-bond acceptors (Lipinski definition) is 2. The van der Waals surface area contributed by atoms with Gasteiger partial charge in [0.25, 0.3) is 0 Å². The predicted molar refractivity (Wildman–Crippen MR) is 148 cm³/mol. The molecule has 1 fully saturated rings. The molecule has 2 nitrogen and oxygen atoms in total. The highest BCUT2D eigenvalue weighted by Crippen LogP contribution is 2.43. The summed E-state index contributed by atoms with van der Waals surface area (Å²) in [6.45, 7) is 1.74. The molecule has 0 spiro atoms. The molecule has 0 aromatic heterocycles. The molecule has 0 radical (unpaired) electrons. The molecule has 3 aliphatic rings. The smallest absolute Gasteiger partial charge is 0.493 e. The van der Waals surface area contributed by atoms with Crippen molar-refractivity contribution < 1.29 is 44.6 Å². The fourth-order valence-electron chi connectivity index (χ4n) is 6.13. The molecule has 236 valence electrons. The van der Waals surface area contributed by atoms with Crippen LogP contribution in [0.2, 0.25) is 0 Å². The van der Waals surface area contributed by atoms with Gasteiger partial charge >= 0.3 is 12.5 Å². The lowest BCUT2D eigenvalue weighted by molar-refractivity contribution is -0.414. The Labute approximate surface area is 246 Å². The molecule has 0 N–H and O–H groups in total. The van der Waals surface area contributed by atoms with E-state index in [0.717, 1.165) is 56.9 Å². The van der Waals surface area contributed by atoms with Gasteiger partial charge in [-0.05, 0) is 74.3 Å². The fourth-order valence-corrected chi connectivity index (χ4v) is 6.13. The average molecular weight is 617 g/mol. The highest BCUT2D eigenvalue weighted by Gasteiger charge is 2.52. The highest BCUT2D eigenvalue weighted by atomic mass is 19.4. The molecule has 0 bridgehead atoms. The Hall–Kier alpha value is -2.88. The van der Waals surface area contributed by atoms with Crippen LogP contribution in [0.15, 0.2) is 77.4 Å². The van der Waals surface area contributed by atoms with Crippen molar-refractivity contribution in [3.8, 4) is 0 Å². The Morgan fingerprint density at radius 2 is 1.72 bits per heavy atom. The highest BCUT2D eigenvalue weighted by molar-refractivity contribution is 5.34. The number of benzene rings is 1. The minimum atomic E-state index is -5.81. The molecule has 2 unspecified atom stereocenters. The number of halogens is 8. The molecule has 1 aromatic rings. The molecular weight excluding hydrogens is 580 g/mol. The van der Waals surface area contributed by atoms with Crippen LogP contribution in [0, 0.1) is 17.7 Å². The van der Waals surface area contributed by atoms with Crippen molar-refractivity contribution >= 4 is 0 Å². The van der Waals surface area contributed by atoms with Crippen LogP contribution >= 0.6 is 0 Å². The third-order valence-electron chi connectivity index (χ3n) is 8.31. The third kappa shape index (κ3) is 9.06. The van der Waals surface area contributed by atoms with Gasteiger partial charge in [0.05, 0.1) is 5.57 Å². The Morgan fingerprint density at radius 3 is 2.37 bits per heavy atom. The van der Waals surface area contributed by atoms with Crippen molar-refractivity contribution in [2.45, 2.75) is 95.9 Å². The van der Waals surface area contributed by atoms with Gasteiger partial charge in [-0.15, -0.1) is 13.2 Å². The van der Waals surface area contributed by atoms with Crippen molar-refractivity contribution in [2.75, 3.05) is 0 Å². The Morgan fingerprint density at radius 1 is 0.977 bits per heavy atom. The Bertz CT molecular complexity index is 1270. The lowest BCUT2D eigenvalue weighted by atomic mass is 9.72. The summed E-state index contributed by atoms with van der Waals surface area (Å²) in [6.07, 6.45) is 5.01. The van der Waals surface area contributed by atoms with Gasteiger partial charge in [-0.25, -0.2) is 17.9 Å². The first-order valence-electron chi connectivity index (χ1n) is 14.7. The van der Waals surface area contributed by atoms with Crippen LogP contribution in [0.25, 0.3) is 0 Å². The zero-order valence-electron chi connectivity index (χ0n) is 23.9. The summed E-state index contributed by atoms with van der Waals surface area (Å²) >= 11 is 0.